The Morgan fingerprint density at radius 1 is 1.00 bits per heavy atom. The number of hydrogen-bond acceptors (Lipinski definition) is 1. The average molecular weight is 461 g/mol. The minimum atomic E-state index is -4.73. The van der Waals surface area contributed by atoms with Gasteiger partial charge in [0.25, 0.3) is 0 Å². The highest BCUT2D eigenvalue weighted by atomic mass is 19.4. The Kier molecular flexibility index (Phi) is 8.83. The van der Waals surface area contributed by atoms with Crippen molar-refractivity contribution in [3.05, 3.63) is 65.0 Å². The number of hydrogen-bond donors (Lipinski definition) is 0. The number of halogens is 4. The molecule has 0 aliphatic heterocycles. The standard InChI is InChI=1S/C28H32F4O/c1-3-4-5-21-6-12-24(13-7-21)20(2)18-23-9-15-25(27(29)19-23)14-8-22-10-16-26(17-11-22)33-28(30,31)32/h9-11,15-17,19-21,24H,3-7,12-13,18H2,1-2H3. The van der Waals surface area contributed by atoms with Gasteiger partial charge in [0.15, 0.2) is 0 Å². The van der Waals surface area contributed by atoms with Crippen molar-refractivity contribution in [3.8, 4) is 17.6 Å². The molecule has 0 aromatic heterocycles. The first-order chi connectivity index (χ1) is 15.7. The van der Waals surface area contributed by atoms with Gasteiger partial charge in [-0.05, 0) is 79.0 Å². The molecule has 5 heteroatoms. The summed E-state index contributed by atoms with van der Waals surface area (Å²) in [5.41, 5.74) is 1.74. The Balaban J connectivity index is 1.55. The van der Waals surface area contributed by atoms with Crippen LogP contribution < -0.4 is 4.74 Å². The van der Waals surface area contributed by atoms with Gasteiger partial charge in [0.2, 0.25) is 0 Å². The van der Waals surface area contributed by atoms with Crippen molar-refractivity contribution in [2.45, 2.75) is 71.6 Å². The van der Waals surface area contributed by atoms with Gasteiger partial charge in [0.05, 0.1) is 5.56 Å². The van der Waals surface area contributed by atoms with Crippen LogP contribution in [0.1, 0.15) is 75.5 Å². The maximum absolute atomic E-state index is 14.6. The monoisotopic (exact) mass is 460 g/mol. The molecule has 0 spiro atoms. The van der Waals surface area contributed by atoms with Gasteiger partial charge in [-0.25, -0.2) is 4.39 Å². The largest absolute Gasteiger partial charge is 0.573 e. The van der Waals surface area contributed by atoms with Gasteiger partial charge in [0, 0.05) is 5.56 Å². The molecule has 3 rings (SSSR count). The van der Waals surface area contributed by atoms with E-state index in [1.54, 1.807) is 12.1 Å². The summed E-state index contributed by atoms with van der Waals surface area (Å²) >= 11 is 0. The van der Waals surface area contributed by atoms with Crippen molar-refractivity contribution in [1.82, 2.24) is 0 Å². The molecule has 1 fully saturated rings. The summed E-state index contributed by atoms with van der Waals surface area (Å²) in [6.07, 6.45) is 5.27. The fourth-order valence-corrected chi connectivity index (χ4v) is 4.74. The molecule has 0 N–H and O–H groups in total. The van der Waals surface area contributed by atoms with Crippen LogP contribution in [0.5, 0.6) is 5.75 Å². The zero-order chi connectivity index (χ0) is 23.8. The fraction of sp³-hybridized carbons (Fsp3) is 0.500. The van der Waals surface area contributed by atoms with E-state index in [0.717, 1.165) is 17.9 Å². The van der Waals surface area contributed by atoms with Crippen LogP contribution in [0.15, 0.2) is 42.5 Å². The second kappa shape index (κ2) is 11.6. The van der Waals surface area contributed by atoms with Crippen LogP contribution in [-0.2, 0) is 6.42 Å². The summed E-state index contributed by atoms with van der Waals surface area (Å²) in [5.74, 6) is 7.00. The summed E-state index contributed by atoms with van der Waals surface area (Å²) in [7, 11) is 0. The lowest BCUT2D eigenvalue weighted by atomic mass is 9.73. The predicted molar refractivity (Wildman–Crippen MR) is 123 cm³/mol. The SMILES string of the molecule is CCCCC1CCC(C(C)Cc2ccc(C#Cc3ccc(OC(F)(F)F)cc3)c(F)c2)CC1. The molecule has 2 aromatic carbocycles. The lowest BCUT2D eigenvalue weighted by molar-refractivity contribution is -0.274. The van der Waals surface area contributed by atoms with Gasteiger partial charge < -0.3 is 4.74 Å². The average Bonchev–Trinajstić information content (AvgIpc) is 2.77. The van der Waals surface area contributed by atoms with Gasteiger partial charge in [-0.2, -0.15) is 0 Å². The second-order valence-electron chi connectivity index (χ2n) is 9.24. The van der Waals surface area contributed by atoms with Gasteiger partial charge in [-0.1, -0.05) is 63.9 Å². The number of unbranched alkanes of at least 4 members (excludes halogenated alkanes) is 1. The molecule has 178 valence electrons. The Morgan fingerprint density at radius 3 is 2.30 bits per heavy atom. The number of rotatable bonds is 7. The molecule has 1 saturated carbocycles. The zero-order valence-electron chi connectivity index (χ0n) is 19.4. The number of ether oxygens (including phenoxy) is 1. The molecule has 0 bridgehead atoms. The van der Waals surface area contributed by atoms with Crippen molar-refractivity contribution in [2.75, 3.05) is 0 Å². The quantitative estimate of drug-likeness (QED) is 0.298. The third-order valence-electron chi connectivity index (χ3n) is 6.68. The lowest BCUT2D eigenvalue weighted by Gasteiger charge is -2.32. The van der Waals surface area contributed by atoms with E-state index >= 15 is 0 Å². The second-order valence-corrected chi connectivity index (χ2v) is 9.24. The third kappa shape index (κ3) is 8.11. The van der Waals surface area contributed by atoms with Crippen molar-refractivity contribution in [2.24, 2.45) is 17.8 Å². The van der Waals surface area contributed by atoms with Crippen molar-refractivity contribution in [3.63, 3.8) is 0 Å². The van der Waals surface area contributed by atoms with Crippen LogP contribution in [-0.4, -0.2) is 6.36 Å². The molecule has 2 aromatic rings. The maximum Gasteiger partial charge on any atom is 0.573 e. The smallest absolute Gasteiger partial charge is 0.406 e. The molecule has 1 nitrogen and oxygen atoms in total. The van der Waals surface area contributed by atoms with Crippen LogP contribution >= 0.6 is 0 Å². The van der Waals surface area contributed by atoms with E-state index < -0.39 is 6.36 Å². The van der Waals surface area contributed by atoms with Gasteiger partial charge in [0.1, 0.15) is 11.6 Å². The molecule has 0 saturated heterocycles. The van der Waals surface area contributed by atoms with Crippen LogP contribution in [0.4, 0.5) is 17.6 Å². The summed E-state index contributed by atoms with van der Waals surface area (Å²) < 4.78 is 55.2. The predicted octanol–water partition coefficient (Wildman–Crippen LogP) is 8.30. The molecule has 1 atom stereocenters. The minimum absolute atomic E-state index is 0.276. The summed E-state index contributed by atoms with van der Waals surface area (Å²) in [6, 6.07) is 10.4. The highest BCUT2D eigenvalue weighted by Gasteiger charge is 2.31. The zero-order valence-corrected chi connectivity index (χ0v) is 19.4. The van der Waals surface area contributed by atoms with Crippen LogP contribution in [0, 0.1) is 35.4 Å². The molecular weight excluding hydrogens is 428 g/mol. The first-order valence-electron chi connectivity index (χ1n) is 11.9. The molecule has 1 unspecified atom stereocenters. The number of alkyl halides is 3. The minimum Gasteiger partial charge on any atom is -0.406 e. The van der Waals surface area contributed by atoms with Crippen molar-refractivity contribution >= 4 is 0 Å². The van der Waals surface area contributed by atoms with Gasteiger partial charge in [-0.15, -0.1) is 13.2 Å². The van der Waals surface area contributed by atoms with Crippen LogP contribution in [0.3, 0.4) is 0 Å². The lowest BCUT2D eigenvalue weighted by Crippen LogP contribution is -2.21. The van der Waals surface area contributed by atoms with Crippen LogP contribution in [0.25, 0.3) is 0 Å². The van der Waals surface area contributed by atoms with E-state index in [2.05, 4.69) is 30.4 Å². The molecule has 0 radical (unpaired) electrons. The van der Waals surface area contributed by atoms with E-state index in [9.17, 15) is 17.6 Å². The van der Waals surface area contributed by atoms with Crippen molar-refractivity contribution < 1.29 is 22.3 Å². The van der Waals surface area contributed by atoms with Crippen LogP contribution in [0.2, 0.25) is 0 Å². The Labute approximate surface area is 194 Å². The van der Waals surface area contributed by atoms with E-state index in [1.165, 1.54) is 69.2 Å². The van der Waals surface area contributed by atoms with Gasteiger partial charge >= 0.3 is 6.36 Å². The highest BCUT2D eigenvalue weighted by molar-refractivity contribution is 5.45. The van der Waals surface area contributed by atoms with Crippen molar-refractivity contribution in [1.29, 1.82) is 0 Å². The fourth-order valence-electron chi connectivity index (χ4n) is 4.74. The molecule has 1 aliphatic carbocycles. The Bertz CT molecular complexity index is 945. The molecule has 1 aliphatic rings. The highest BCUT2D eigenvalue weighted by Crippen LogP contribution is 2.36. The molecule has 0 amide bonds. The van der Waals surface area contributed by atoms with E-state index in [-0.39, 0.29) is 17.1 Å². The maximum atomic E-state index is 14.6. The Morgan fingerprint density at radius 2 is 1.70 bits per heavy atom. The summed E-state index contributed by atoms with van der Waals surface area (Å²) in [4.78, 5) is 0. The van der Waals surface area contributed by atoms with E-state index in [4.69, 9.17) is 0 Å². The molecular formula is C28H32F4O. The first-order valence-corrected chi connectivity index (χ1v) is 11.9. The number of benzene rings is 2. The molecule has 33 heavy (non-hydrogen) atoms. The van der Waals surface area contributed by atoms with E-state index in [1.807, 2.05) is 6.07 Å². The summed E-state index contributed by atoms with van der Waals surface area (Å²) in [5, 5.41) is 0. The third-order valence-corrected chi connectivity index (χ3v) is 6.68. The summed E-state index contributed by atoms with van der Waals surface area (Å²) in [6.45, 7) is 4.52. The molecule has 0 heterocycles. The Hall–Kier alpha value is -2.48. The van der Waals surface area contributed by atoms with Gasteiger partial charge in [-0.3, -0.25) is 0 Å². The topological polar surface area (TPSA) is 9.23 Å². The normalized spacial score (nSPS) is 19.5. The first kappa shape index (κ1) is 25.1. The van der Waals surface area contributed by atoms with E-state index in [0.29, 0.717) is 17.4 Å².